The summed E-state index contributed by atoms with van der Waals surface area (Å²) in [5.41, 5.74) is 11.2. The fourth-order valence-electron chi connectivity index (χ4n) is 13.1. The molecule has 2 unspecified atom stereocenters. The molecular formula is C68H100F2N12O6S. The number of piperidine rings is 2. The number of nitrogens with zero attached hydrogens (tertiary/aromatic N) is 9. The van der Waals surface area contributed by atoms with Crippen LogP contribution in [0.1, 0.15) is 153 Å². The highest BCUT2D eigenvalue weighted by Gasteiger charge is 2.35. The van der Waals surface area contributed by atoms with Gasteiger partial charge in [-0.2, -0.15) is 13.5 Å². The molecule has 3 aromatic carbocycles. The van der Waals surface area contributed by atoms with Crippen molar-refractivity contribution in [1.82, 2.24) is 50.0 Å². The van der Waals surface area contributed by atoms with Crippen LogP contribution in [0, 0.1) is 30.4 Å². The molecule has 1 aromatic heterocycles. The molecule has 5 amide bonds. The van der Waals surface area contributed by atoms with Crippen LogP contribution in [0.25, 0.3) is 0 Å². The van der Waals surface area contributed by atoms with Crippen LogP contribution in [0.5, 0.6) is 0 Å². The number of fused-ring (bicyclic) bond motifs is 1. The first-order chi connectivity index (χ1) is 42.4. The molecule has 488 valence electrons. The Balaban J connectivity index is 0.000000190. The van der Waals surface area contributed by atoms with Crippen LogP contribution in [0.15, 0.2) is 73.1 Å². The minimum atomic E-state index is -0.632. The smallest absolute Gasteiger partial charge is 0.248 e. The normalized spacial score (nSPS) is 20.2. The summed E-state index contributed by atoms with van der Waals surface area (Å²) in [6.45, 7) is 22.0. The van der Waals surface area contributed by atoms with Gasteiger partial charge < -0.3 is 46.0 Å². The molecule has 18 nitrogen and oxygen atoms in total. The number of carbonyl (C=O) groups is 5. The second-order valence-electron chi connectivity index (χ2n) is 25.7. The predicted octanol–water partition coefficient (Wildman–Crippen LogP) is 7.16. The number of primary amides is 1. The maximum absolute atomic E-state index is 13.6. The fourth-order valence-corrected chi connectivity index (χ4v) is 13.1. The highest BCUT2D eigenvalue weighted by molar-refractivity contribution is 7.59. The number of halogens is 2. The zero-order valence-electron chi connectivity index (χ0n) is 53.5. The molecule has 3 atom stereocenters. The van der Waals surface area contributed by atoms with Crippen LogP contribution in [0.4, 0.5) is 14.6 Å². The number of aliphatic hydroxyl groups is 1. The lowest BCUT2D eigenvalue weighted by molar-refractivity contribution is -0.134. The van der Waals surface area contributed by atoms with Gasteiger partial charge in [0.1, 0.15) is 23.8 Å². The maximum Gasteiger partial charge on any atom is 0.248 e. The molecule has 89 heavy (non-hydrogen) atoms. The Labute approximate surface area is 534 Å². The van der Waals surface area contributed by atoms with Crippen molar-refractivity contribution in [2.45, 2.75) is 135 Å². The van der Waals surface area contributed by atoms with Gasteiger partial charge in [-0.3, -0.25) is 33.8 Å². The van der Waals surface area contributed by atoms with Gasteiger partial charge in [-0.05, 0) is 133 Å². The van der Waals surface area contributed by atoms with Gasteiger partial charge in [0.2, 0.25) is 29.5 Å². The Kier molecular flexibility index (Phi) is 27.6. The lowest BCUT2D eigenvalue weighted by Crippen LogP contribution is -2.51. The van der Waals surface area contributed by atoms with Crippen molar-refractivity contribution in [2.75, 3.05) is 123 Å². The first-order valence-electron chi connectivity index (χ1n) is 32.5. The standard InChI is InChI=1S/C26H49N5O2.C21H23F2N3O2.C21H26N4O2.H2S/c1-22(2)28(3)14-11-27-25(32)21-29-12-9-24(10-13-29)20-30-15-17-31(18-16-30)26(33)19-23-7-5-4-6-8-23;22-18-7-6-16(19(23)10-18)11-25-12-20(27)26-8-2-5-17(13-26)14-3-1-4-15(9-14)21(24)28;1-14-3-5-16(6-4-14)12-18(27)24-7-9-25(10-8-24)21-19-15(2)11-17(26)20(19)22-13-23-21;/h22-24H,4-21H2,1-3H3,(H,27,32);1,3-4,6-7,9-10,17,25H,2,5,8,11-13H2,(H2,24,28);3-6,13,15,17,26H,7-12H2,1-2H3;1H2/t;;15-,17?;/m..1./s1. The second kappa shape index (κ2) is 34.9. The molecule has 5 heterocycles. The highest BCUT2D eigenvalue weighted by Crippen LogP contribution is 2.43. The van der Waals surface area contributed by atoms with E-state index >= 15 is 0 Å². The number of aromatic nitrogens is 2. The SMILES string of the molecule is CC(C)N(C)CCNC(=O)CN1CCC(CN2CCN(C(=O)CC3CCCCC3)CC2)CC1.Cc1ccc(CC(=O)N2CCN(c3ncnc4c3[C@H](C)CC4O)CC2)cc1.NC(=O)c1cccc(C2CCCN(C(=O)CNCc3ccc(F)cc3F)C2)c1.S. The summed E-state index contributed by atoms with van der Waals surface area (Å²) in [4.78, 5) is 85.4. The summed E-state index contributed by atoms with van der Waals surface area (Å²) in [5.74, 6) is 1.60. The minimum absolute atomic E-state index is 0. The van der Waals surface area contributed by atoms with Crippen LogP contribution >= 0.6 is 13.5 Å². The van der Waals surface area contributed by atoms with Crippen molar-refractivity contribution in [3.05, 3.63) is 124 Å². The monoisotopic (exact) mass is 1250 g/mol. The summed E-state index contributed by atoms with van der Waals surface area (Å²) in [6, 6.07) is 19.3. The number of carbonyl (C=O) groups excluding carboxylic acids is 5. The molecule has 6 aliphatic rings. The number of nitrogens with one attached hydrogen (secondary N) is 2. The van der Waals surface area contributed by atoms with E-state index in [1.807, 2.05) is 35.2 Å². The van der Waals surface area contributed by atoms with E-state index in [4.69, 9.17) is 5.73 Å². The lowest BCUT2D eigenvalue weighted by atomic mass is 9.86. The van der Waals surface area contributed by atoms with E-state index in [1.165, 1.54) is 62.6 Å². The van der Waals surface area contributed by atoms with Gasteiger partial charge in [-0.1, -0.05) is 74.2 Å². The number of aliphatic hydroxyl groups excluding tert-OH is 1. The molecule has 2 aliphatic carbocycles. The number of piperazine rings is 2. The molecule has 0 spiro atoms. The Morgan fingerprint density at radius 3 is 2.13 bits per heavy atom. The first kappa shape index (κ1) is 70.4. The summed E-state index contributed by atoms with van der Waals surface area (Å²) >= 11 is 0. The minimum Gasteiger partial charge on any atom is -0.387 e. The van der Waals surface area contributed by atoms with Gasteiger partial charge >= 0.3 is 0 Å². The molecule has 0 bridgehead atoms. The van der Waals surface area contributed by atoms with Gasteiger partial charge in [0, 0.05) is 133 Å². The molecule has 21 heteroatoms. The number of benzene rings is 3. The van der Waals surface area contributed by atoms with Gasteiger partial charge in [0.05, 0.1) is 31.3 Å². The molecule has 4 aliphatic heterocycles. The number of anilines is 1. The summed E-state index contributed by atoms with van der Waals surface area (Å²) in [5, 5.41) is 16.2. The lowest BCUT2D eigenvalue weighted by Gasteiger charge is -2.39. The van der Waals surface area contributed by atoms with Crippen LogP contribution < -0.4 is 21.3 Å². The number of aryl methyl sites for hydroxylation is 1. The zero-order chi connectivity index (χ0) is 62.7. The summed E-state index contributed by atoms with van der Waals surface area (Å²) in [7, 11) is 2.09. The first-order valence-corrected chi connectivity index (χ1v) is 32.5. The number of rotatable bonds is 19. The average Bonchev–Trinajstić information content (AvgIpc) is 2.99. The second-order valence-corrected chi connectivity index (χ2v) is 25.7. The Morgan fingerprint density at radius 1 is 0.753 bits per heavy atom. The largest absolute Gasteiger partial charge is 0.387 e. The molecule has 0 radical (unpaired) electrons. The molecular weight excluding hydrogens is 1150 g/mol. The van der Waals surface area contributed by atoms with Gasteiger partial charge in [0.15, 0.2) is 0 Å². The molecule has 5 N–H and O–H groups in total. The van der Waals surface area contributed by atoms with Crippen molar-refractivity contribution < 1.29 is 37.9 Å². The number of hydrogen-bond donors (Lipinski definition) is 4. The van der Waals surface area contributed by atoms with Crippen LogP contribution in [-0.4, -0.2) is 198 Å². The van der Waals surface area contributed by atoms with Crippen molar-refractivity contribution >= 4 is 48.8 Å². The molecule has 4 aromatic rings. The summed E-state index contributed by atoms with van der Waals surface area (Å²) in [6.07, 6.45) is 13.6. The van der Waals surface area contributed by atoms with E-state index in [1.54, 1.807) is 29.4 Å². The third-order valence-electron chi connectivity index (χ3n) is 18.9. The predicted molar refractivity (Wildman–Crippen MR) is 350 cm³/mol. The van der Waals surface area contributed by atoms with E-state index in [-0.39, 0.29) is 56.1 Å². The molecule has 10 rings (SSSR count). The van der Waals surface area contributed by atoms with Crippen LogP contribution in [-0.2, 0) is 32.1 Å². The van der Waals surface area contributed by atoms with Crippen molar-refractivity contribution in [2.24, 2.45) is 17.6 Å². The molecule has 4 saturated heterocycles. The fraction of sp³-hybridized carbons (Fsp3) is 0.603. The van der Waals surface area contributed by atoms with E-state index < -0.39 is 23.6 Å². The van der Waals surface area contributed by atoms with E-state index in [9.17, 15) is 37.9 Å². The molecule has 5 fully saturated rings. The van der Waals surface area contributed by atoms with Crippen molar-refractivity contribution in [3.8, 4) is 0 Å². The number of hydrogen-bond acceptors (Lipinski definition) is 13. The third-order valence-corrected chi connectivity index (χ3v) is 18.9. The van der Waals surface area contributed by atoms with E-state index in [0.717, 1.165) is 126 Å². The van der Waals surface area contributed by atoms with E-state index in [2.05, 4.69) is 79.8 Å². The van der Waals surface area contributed by atoms with Crippen molar-refractivity contribution in [3.63, 3.8) is 0 Å². The van der Waals surface area contributed by atoms with Gasteiger partial charge in [0.25, 0.3) is 0 Å². The Bertz CT molecular complexity index is 2910. The average molecular weight is 1250 g/mol. The summed E-state index contributed by atoms with van der Waals surface area (Å²) < 4.78 is 26.6. The topological polar surface area (TPSA) is 204 Å². The van der Waals surface area contributed by atoms with Crippen LogP contribution in [0.3, 0.4) is 0 Å². The Morgan fingerprint density at radius 2 is 1.45 bits per heavy atom. The number of likely N-dealkylation sites (N-methyl/N-ethyl adjacent to an activating group) is 1. The van der Waals surface area contributed by atoms with Crippen LogP contribution in [0.2, 0.25) is 0 Å². The quantitative estimate of drug-likeness (QED) is 0.0737. The van der Waals surface area contributed by atoms with Gasteiger partial charge in [-0.15, -0.1) is 0 Å². The van der Waals surface area contributed by atoms with E-state index in [0.29, 0.717) is 80.5 Å². The highest BCUT2D eigenvalue weighted by atomic mass is 32.1. The van der Waals surface area contributed by atoms with Crippen molar-refractivity contribution in [1.29, 1.82) is 0 Å². The zero-order valence-corrected chi connectivity index (χ0v) is 54.5. The third kappa shape index (κ3) is 21.2. The maximum atomic E-state index is 13.6. The van der Waals surface area contributed by atoms with Gasteiger partial charge in [-0.25, -0.2) is 18.7 Å². The number of likely N-dealkylation sites (tertiary alicyclic amines) is 2. The number of amides is 5. The number of nitrogens with two attached hydrogens (primary N) is 1. The Hall–Kier alpha value is -6.10. The molecule has 1 saturated carbocycles.